The van der Waals surface area contributed by atoms with Crippen LogP contribution in [0.5, 0.6) is 0 Å². The number of aromatic nitrogens is 1. The number of aryl methyl sites for hydroxylation is 1. The van der Waals surface area contributed by atoms with E-state index in [9.17, 15) is 23.1 Å². The van der Waals surface area contributed by atoms with E-state index in [0.717, 1.165) is 5.56 Å². The first kappa shape index (κ1) is 31.2. The van der Waals surface area contributed by atoms with Crippen LogP contribution in [0.3, 0.4) is 0 Å². The molecule has 232 valence electrons. The van der Waals surface area contributed by atoms with Crippen molar-refractivity contribution in [3.8, 4) is 0 Å². The number of aliphatic hydroxyl groups excluding tert-OH is 1. The van der Waals surface area contributed by atoms with E-state index in [2.05, 4.69) is 15.6 Å². The summed E-state index contributed by atoms with van der Waals surface area (Å²) in [6.45, 7) is 1.31. The summed E-state index contributed by atoms with van der Waals surface area (Å²) in [6.07, 6.45) is -0.553. The van der Waals surface area contributed by atoms with Gasteiger partial charge in [-0.3, -0.25) is 4.79 Å². The number of urea groups is 1. The van der Waals surface area contributed by atoms with Crippen LogP contribution in [0.25, 0.3) is 11.1 Å². The Morgan fingerprint density at radius 3 is 2.20 bits per heavy atom. The highest BCUT2D eigenvalue weighted by Gasteiger charge is 2.34. The molecule has 1 unspecified atom stereocenters. The summed E-state index contributed by atoms with van der Waals surface area (Å²) in [5.41, 5.74) is 2.59. The van der Waals surface area contributed by atoms with Gasteiger partial charge < -0.3 is 29.8 Å². The lowest BCUT2D eigenvalue weighted by Crippen LogP contribution is -2.57. The predicted octanol–water partition coefficient (Wildman–Crippen LogP) is 3.00. The fourth-order valence-electron chi connectivity index (χ4n) is 5.08. The number of amides is 3. The summed E-state index contributed by atoms with van der Waals surface area (Å²) >= 11 is 0. The van der Waals surface area contributed by atoms with Crippen LogP contribution < -0.4 is 10.6 Å². The first-order valence-electron chi connectivity index (χ1n) is 14.5. The minimum atomic E-state index is -3.85. The van der Waals surface area contributed by atoms with Crippen LogP contribution in [0, 0.1) is 0 Å². The molecule has 0 aliphatic carbocycles. The van der Waals surface area contributed by atoms with Crippen molar-refractivity contribution in [2.75, 3.05) is 32.1 Å². The highest BCUT2D eigenvalue weighted by molar-refractivity contribution is 7.90. The van der Waals surface area contributed by atoms with E-state index >= 15 is 0 Å². The lowest BCUT2D eigenvalue weighted by Gasteiger charge is -2.30. The van der Waals surface area contributed by atoms with Crippen LogP contribution >= 0.6 is 0 Å². The smallest absolute Gasteiger partial charge is 0.318 e. The third-order valence-electron chi connectivity index (χ3n) is 7.42. The van der Waals surface area contributed by atoms with Crippen molar-refractivity contribution in [3.05, 3.63) is 102 Å². The number of benzene rings is 3. The SMILES string of the molecule is O=C(N[C@@H](CCc1ccccc1)C(O)c1nc2ccccc2o1)[C@@H](CS(=O)(=O)Cc1ccccc1)NC(=O)N1CCOCC1. The van der Waals surface area contributed by atoms with Gasteiger partial charge in [0.2, 0.25) is 11.8 Å². The molecule has 1 aliphatic rings. The minimum Gasteiger partial charge on any atom is -0.438 e. The zero-order valence-electron chi connectivity index (χ0n) is 24.2. The summed E-state index contributed by atoms with van der Waals surface area (Å²) in [5, 5.41) is 16.8. The highest BCUT2D eigenvalue weighted by Crippen LogP contribution is 2.24. The molecular weight excluding hydrogens is 584 g/mol. The van der Waals surface area contributed by atoms with Crippen LogP contribution in [-0.2, 0) is 31.5 Å². The zero-order chi connectivity index (χ0) is 30.9. The molecule has 2 heterocycles. The van der Waals surface area contributed by atoms with Crippen molar-refractivity contribution < 1.29 is 32.3 Å². The number of sulfone groups is 1. The van der Waals surface area contributed by atoms with Gasteiger partial charge in [0, 0.05) is 13.1 Å². The molecule has 5 rings (SSSR count). The number of nitrogens with zero attached hydrogens (tertiary/aromatic N) is 2. The van der Waals surface area contributed by atoms with Gasteiger partial charge in [-0.2, -0.15) is 0 Å². The number of hydrogen-bond donors (Lipinski definition) is 3. The Bertz CT molecular complexity index is 1610. The van der Waals surface area contributed by atoms with Gasteiger partial charge in [0.15, 0.2) is 21.5 Å². The number of nitrogens with one attached hydrogen (secondary N) is 2. The first-order valence-corrected chi connectivity index (χ1v) is 16.3. The Labute approximate surface area is 256 Å². The van der Waals surface area contributed by atoms with Crippen molar-refractivity contribution in [2.24, 2.45) is 0 Å². The molecule has 4 aromatic rings. The van der Waals surface area contributed by atoms with Crippen LogP contribution in [0.4, 0.5) is 4.79 Å². The van der Waals surface area contributed by atoms with Crippen LogP contribution in [0.1, 0.15) is 29.5 Å². The molecule has 3 N–H and O–H groups in total. The van der Waals surface area contributed by atoms with Gasteiger partial charge >= 0.3 is 6.03 Å². The number of para-hydroxylation sites is 2. The number of rotatable bonds is 12. The molecule has 12 heteroatoms. The topological polar surface area (TPSA) is 151 Å². The molecule has 3 amide bonds. The van der Waals surface area contributed by atoms with Gasteiger partial charge in [-0.1, -0.05) is 72.8 Å². The number of hydrogen-bond acceptors (Lipinski definition) is 8. The van der Waals surface area contributed by atoms with Crippen molar-refractivity contribution >= 4 is 32.9 Å². The Kier molecular flexibility index (Phi) is 10.3. The second-order valence-corrected chi connectivity index (χ2v) is 12.9. The fraction of sp³-hybridized carbons (Fsp3) is 0.344. The maximum Gasteiger partial charge on any atom is 0.318 e. The van der Waals surface area contributed by atoms with Gasteiger partial charge in [-0.25, -0.2) is 18.2 Å². The van der Waals surface area contributed by atoms with Gasteiger partial charge in [0.05, 0.1) is 30.8 Å². The highest BCUT2D eigenvalue weighted by atomic mass is 32.2. The molecule has 3 atom stereocenters. The van der Waals surface area contributed by atoms with E-state index < -0.39 is 45.7 Å². The molecule has 0 spiro atoms. The molecule has 1 fully saturated rings. The molecule has 0 bridgehead atoms. The van der Waals surface area contributed by atoms with Gasteiger partial charge in [-0.05, 0) is 36.1 Å². The summed E-state index contributed by atoms with van der Waals surface area (Å²) in [7, 11) is -3.85. The Morgan fingerprint density at radius 2 is 1.52 bits per heavy atom. The van der Waals surface area contributed by atoms with E-state index in [0.29, 0.717) is 49.4 Å². The number of oxazole rings is 1. The monoisotopic (exact) mass is 620 g/mol. The number of morpholine rings is 1. The van der Waals surface area contributed by atoms with E-state index in [-0.39, 0.29) is 18.1 Å². The Balaban J connectivity index is 1.38. The quantitative estimate of drug-likeness (QED) is 0.219. The third-order valence-corrected chi connectivity index (χ3v) is 9.04. The van der Waals surface area contributed by atoms with Crippen molar-refractivity contribution in [2.45, 2.75) is 36.8 Å². The number of aliphatic hydroxyl groups is 1. The average molecular weight is 621 g/mol. The van der Waals surface area contributed by atoms with Gasteiger partial charge in [0.25, 0.3) is 0 Å². The lowest BCUT2D eigenvalue weighted by atomic mass is 10.0. The summed E-state index contributed by atoms with van der Waals surface area (Å²) in [5.74, 6) is -1.64. The molecule has 1 saturated heterocycles. The second kappa shape index (κ2) is 14.5. The summed E-state index contributed by atoms with van der Waals surface area (Å²) in [6, 6.07) is 22.4. The van der Waals surface area contributed by atoms with Crippen LogP contribution in [-0.4, -0.2) is 79.5 Å². The molecular formula is C32H36N4O7S. The normalized spacial score (nSPS) is 15.8. The van der Waals surface area contributed by atoms with Gasteiger partial charge in [-0.15, -0.1) is 0 Å². The third kappa shape index (κ3) is 8.43. The van der Waals surface area contributed by atoms with Gasteiger partial charge in [0.1, 0.15) is 11.6 Å². The molecule has 1 aliphatic heterocycles. The molecule has 0 saturated carbocycles. The van der Waals surface area contributed by atoms with Crippen LogP contribution in [0.2, 0.25) is 0 Å². The molecule has 11 nitrogen and oxygen atoms in total. The largest absolute Gasteiger partial charge is 0.438 e. The van der Waals surface area contributed by atoms with E-state index in [1.54, 1.807) is 54.6 Å². The molecule has 3 aromatic carbocycles. The first-order chi connectivity index (χ1) is 21.3. The standard InChI is InChI=1S/C32H36N4O7S/c37-29(31-34-25-13-7-8-14-28(25)43-31)26(16-15-23-9-3-1-4-10-23)33-30(38)27(35-32(39)36-17-19-42-20-18-36)22-44(40,41)21-24-11-5-2-6-12-24/h1-14,26-27,29,37H,15-22H2,(H,33,38)(H,35,39)/t26-,27+,29?/m0/s1. The molecule has 44 heavy (non-hydrogen) atoms. The Morgan fingerprint density at radius 1 is 0.886 bits per heavy atom. The average Bonchev–Trinajstić information content (AvgIpc) is 3.48. The number of carbonyl (C=O) groups is 2. The summed E-state index contributed by atoms with van der Waals surface area (Å²) < 4.78 is 37.7. The summed E-state index contributed by atoms with van der Waals surface area (Å²) in [4.78, 5) is 32.8. The van der Waals surface area contributed by atoms with Crippen molar-refractivity contribution in [1.82, 2.24) is 20.5 Å². The number of ether oxygens (including phenoxy) is 1. The van der Waals surface area contributed by atoms with Crippen molar-refractivity contribution in [3.63, 3.8) is 0 Å². The predicted molar refractivity (Wildman–Crippen MR) is 164 cm³/mol. The molecule has 0 radical (unpaired) electrons. The number of carbonyl (C=O) groups excluding carboxylic acids is 2. The minimum absolute atomic E-state index is 0.0233. The second-order valence-electron chi connectivity index (χ2n) is 10.7. The van der Waals surface area contributed by atoms with E-state index in [4.69, 9.17) is 9.15 Å². The fourth-order valence-corrected chi connectivity index (χ4v) is 6.64. The van der Waals surface area contributed by atoms with Crippen molar-refractivity contribution in [1.29, 1.82) is 0 Å². The maximum atomic E-state index is 13.8. The number of fused-ring (bicyclic) bond motifs is 1. The Hall–Kier alpha value is -4.26. The maximum absolute atomic E-state index is 13.8. The molecule has 1 aromatic heterocycles. The zero-order valence-corrected chi connectivity index (χ0v) is 25.0. The van der Waals surface area contributed by atoms with E-state index in [1.165, 1.54) is 4.90 Å². The lowest BCUT2D eigenvalue weighted by molar-refractivity contribution is -0.124. The van der Waals surface area contributed by atoms with E-state index in [1.807, 2.05) is 30.3 Å². The van der Waals surface area contributed by atoms with Crippen LogP contribution in [0.15, 0.2) is 89.3 Å².